The maximum absolute atomic E-state index is 13.8. The van der Waals surface area contributed by atoms with E-state index in [4.69, 9.17) is 4.74 Å². The van der Waals surface area contributed by atoms with Gasteiger partial charge in [0.25, 0.3) is 5.91 Å². The van der Waals surface area contributed by atoms with Crippen LogP contribution in [0.4, 0.5) is 9.52 Å². The summed E-state index contributed by atoms with van der Waals surface area (Å²) in [5.74, 6) is -0.299. The Hall–Kier alpha value is -3.06. The van der Waals surface area contributed by atoms with Gasteiger partial charge < -0.3 is 4.74 Å². The van der Waals surface area contributed by atoms with Crippen molar-refractivity contribution in [3.8, 4) is 0 Å². The van der Waals surface area contributed by atoms with Crippen molar-refractivity contribution in [2.75, 3.05) is 4.90 Å². The molecule has 0 saturated heterocycles. The van der Waals surface area contributed by atoms with Gasteiger partial charge >= 0.3 is 0 Å². The molecule has 4 unspecified atom stereocenters. The zero-order chi connectivity index (χ0) is 22.0. The van der Waals surface area contributed by atoms with Gasteiger partial charge in [-0.05, 0) is 48.9 Å². The van der Waals surface area contributed by atoms with E-state index in [0.29, 0.717) is 26.8 Å². The lowest BCUT2D eigenvalue weighted by atomic mass is 9.74. The normalized spacial score (nSPS) is 27.5. The fraction of sp³-hybridized carbons (Fsp3) is 0.320. The van der Waals surface area contributed by atoms with Crippen molar-refractivity contribution in [3.63, 3.8) is 0 Å². The van der Waals surface area contributed by atoms with Gasteiger partial charge in [0.05, 0.1) is 27.7 Å². The molecule has 4 atom stereocenters. The lowest BCUT2D eigenvalue weighted by Gasteiger charge is -2.37. The van der Waals surface area contributed by atoms with E-state index in [1.807, 2.05) is 30.3 Å². The van der Waals surface area contributed by atoms with Crippen LogP contribution >= 0.6 is 11.3 Å². The van der Waals surface area contributed by atoms with E-state index in [-0.39, 0.29) is 35.3 Å². The number of hydrogen-bond acceptors (Lipinski definition) is 5. The summed E-state index contributed by atoms with van der Waals surface area (Å²) in [5, 5.41) is 0.437. The van der Waals surface area contributed by atoms with Gasteiger partial charge in [0.1, 0.15) is 11.9 Å². The quantitative estimate of drug-likeness (QED) is 0.542. The number of ether oxygens (including phenoxy) is 1. The number of anilines is 1. The predicted molar refractivity (Wildman–Crippen MR) is 120 cm³/mol. The molecule has 2 aliphatic heterocycles. The first-order valence-electron chi connectivity index (χ1n) is 10.9. The third-order valence-electron chi connectivity index (χ3n) is 6.77. The number of hydrogen-bond donors (Lipinski definition) is 0. The van der Waals surface area contributed by atoms with Gasteiger partial charge in [0, 0.05) is 0 Å². The highest BCUT2D eigenvalue weighted by molar-refractivity contribution is 7.22. The first kappa shape index (κ1) is 19.6. The van der Waals surface area contributed by atoms with E-state index >= 15 is 0 Å². The van der Waals surface area contributed by atoms with Crippen molar-refractivity contribution >= 4 is 38.4 Å². The highest BCUT2D eigenvalue weighted by atomic mass is 32.1. The maximum Gasteiger partial charge on any atom is 0.296 e. The molecule has 162 valence electrons. The molecule has 7 heteroatoms. The Bertz CT molecular complexity index is 1280. The lowest BCUT2D eigenvalue weighted by molar-refractivity contribution is -0.132. The van der Waals surface area contributed by atoms with Crippen molar-refractivity contribution in [2.45, 2.75) is 38.3 Å². The summed E-state index contributed by atoms with van der Waals surface area (Å²) in [6, 6.07) is 13.3. The van der Waals surface area contributed by atoms with Gasteiger partial charge in [-0.1, -0.05) is 48.6 Å². The summed E-state index contributed by atoms with van der Waals surface area (Å²) >= 11 is 1.24. The van der Waals surface area contributed by atoms with Crippen LogP contribution in [-0.4, -0.2) is 22.8 Å². The van der Waals surface area contributed by atoms with Crippen molar-refractivity contribution < 1.29 is 18.7 Å². The van der Waals surface area contributed by atoms with Crippen LogP contribution in [0.3, 0.4) is 0 Å². The number of Topliss-reactive ketones (excluding diaryl/α,β-unsaturated/α-hetero) is 1. The molecular weight excluding hydrogens is 427 g/mol. The SMILES string of the molecule is CC1CCC2OC3=C(C(=O)C2C1)C(c1ccccc1)N(c1nc2ccc(F)cc2s1)C3=O. The smallest absolute Gasteiger partial charge is 0.296 e. The zero-order valence-corrected chi connectivity index (χ0v) is 18.3. The molecule has 0 radical (unpaired) electrons. The molecule has 5 nitrogen and oxygen atoms in total. The monoisotopic (exact) mass is 448 g/mol. The van der Waals surface area contributed by atoms with Gasteiger partial charge in [-0.3, -0.25) is 14.5 Å². The Kier molecular flexibility index (Phi) is 4.43. The van der Waals surface area contributed by atoms with E-state index in [0.717, 1.165) is 24.8 Å². The van der Waals surface area contributed by atoms with Crippen molar-refractivity contribution in [3.05, 3.63) is 71.2 Å². The summed E-state index contributed by atoms with van der Waals surface area (Å²) in [6.07, 6.45) is 2.29. The van der Waals surface area contributed by atoms with Crippen LogP contribution in [0.25, 0.3) is 10.2 Å². The standard InChI is InChI=1S/C25H21FN2O3S/c1-13-7-10-18-16(11-13)22(29)20-21(14-5-3-2-4-6-14)28(24(30)23(20)31-18)25-27-17-9-8-15(26)12-19(17)32-25/h2-6,8-9,12-13,16,18,21H,7,10-11H2,1H3. The van der Waals surface area contributed by atoms with Crippen LogP contribution in [-0.2, 0) is 14.3 Å². The average molecular weight is 449 g/mol. The molecule has 6 rings (SSSR count). The second-order valence-corrected chi connectivity index (χ2v) is 9.89. The molecule has 1 amide bonds. The van der Waals surface area contributed by atoms with Gasteiger partial charge in [0.2, 0.25) is 0 Å². The number of amides is 1. The zero-order valence-electron chi connectivity index (χ0n) is 17.5. The topological polar surface area (TPSA) is 59.5 Å². The third-order valence-corrected chi connectivity index (χ3v) is 7.79. The number of thiazole rings is 1. The fourth-order valence-corrected chi connectivity index (χ4v) is 6.23. The molecule has 32 heavy (non-hydrogen) atoms. The minimum absolute atomic E-state index is 0.0136. The molecule has 1 fully saturated rings. The molecule has 0 spiro atoms. The number of rotatable bonds is 2. The molecule has 3 aromatic rings. The second kappa shape index (κ2) is 7.24. The number of carbonyl (C=O) groups is 2. The van der Waals surface area contributed by atoms with Crippen LogP contribution in [0.5, 0.6) is 0 Å². The summed E-state index contributed by atoms with van der Waals surface area (Å²) in [4.78, 5) is 33.5. The number of ketones is 1. The summed E-state index contributed by atoms with van der Waals surface area (Å²) in [7, 11) is 0. The number of benzene rings is 2. The Labute approximate surface area is 188 Å². The van der Waals surface area contributed by atoms with Crippen molar-refractivity contribution in [1.82, 2.24) is 4.98 Å². The largest absolute Gasteiger partial charge is 0.483 e. The predicted octanol–water partition coefficient (Wildman–Crippen LogP) is 5.18. The van der Waals surface area contributed by atoms with Crippen molar-refractivity contribution in [1.29, 1.82) is 0 Å². The van der Waals surface area contributed by atoms with E-state index in [9.17, 15) is 14.0 Å². The van der Waals surface area contributed by atoms with Crippen LogP contribution in [0.1, 0.15) is 37.8 Å². The minimum Gasteiger partial charge on any atom is -0.483 e. The summed E-state index contributed by atoms with van der Waals surface area (Å²) in [5.41, 5.74) is 1.88. The highest BCUT2D eigenvalue weighted by Gasteiger charge is 2.53. The van der Waals surface area contributed by atoms with E-state index in [1.165, 1.54) is 23.5 Å². The lowest BCUT2D eigenvalue weighted by Crippen LogP contribution is -2.41. The number of aromatic nitrogens is 1. The van der Waals surface area contributed by atoms with Gasteiger partial charge in [-0.2, -0.15) is 0 Å². The average Bonchev–Trinajstić information content (AvgIpc) is 3.33. The Morgan fingerprint density at radius 3 is 2.75 bits per heavy atom. The molecule has 0 bridgehead atoms. The number of fused-ring (bicyclic) bond motifs is 2. The molecule has 1 aromatic heterocycles. The molecular formula is C25H21FN2O3S. The summed E-state index contributed by atoms with van der Waals surface area (Å²) < 4.78 is 20.6. The first-order valence-corrected chi connectivity index (χ1v) is 11.7. The number of nitrogens with zero attached hydrogens (tertiary/aromatic N) is 2. The number of halogens is 1. The van der Waals surface area contributed by atoms with Gasteiger partial charge in [0.15, 0.2) is 16.7 Å². The molecule has 3 aliphatic rings. The second-order valence-electron chi connectivity index (χ2n) is 8.88. The molecule has 0 N–H and O–H groups in total. The third kappa shape index (κ3) is 2.91. The maximum atomic E-state index is 13.8. The van der Waals surface area contributed by atoms with Crippen LogP contribution in [0, 0.1) is 17.7 Å². The fourth-order valence-electron chi connectivity index (χ4n) is 5.21. The molecule has 1 aliphatic carbocycles. The Morgan fingerprint density at radius 1 is 1.12 bits per heavy atom. The minimum atomic E-state index is -0.602. The Balaban J connectivity index is 1.50. The van der Waals surface area contributed by atoms with E-state index < -0.39 is 6.04 Å². The van der Waals surface area contributed by atoms with Crippen LogP contribution < -0.4 is 4.90 Å². The van der Waals surface area contributed by atoms with E-state index in [2.05, 4.69) is 11.9 Å². The van der Waals surface area contributed by atoms with Gasteiger partial charge in [-0.15, -0.1) is 0 Å². The van der Waals surface area contributed by atoms with Crippen molar-refractivity contribution in [2.24, 2.45) is 11.8 Å². The summed E-state index contributed by atoms with van der Waals surface area (Å²) in [6.45, 7) is 2.16. The molecule has 1 saturated carbocycles. The number of carbonyl (C=O) groups excluding carboxylic acids is 2. The molecule has 3 heterocycles. The van der Waals surface area contributed by atoms with Gasteiger partial charge in [-0.25, -0.2) is 9.37 Å². The van der Waals surface area contributed by atoms with E-state index in [1.54, 1.807) is 11.0 Å². The van der Waals surface area contributed by atoms with Crippen LogP contribution in [0.15, 0.2) is 59.9 Å². The molecule has 2 aromatic carbocycles. The highest BCUT2D eigenvalue weighted by Crippen LogP contribution is 2.49. The Morgan fingerprint density at radius 2 is 1.94 bits per heavy atom. The van der Waals surface area contributed by atoms with Crippen LogP contribution in [0.2, 0.25) is 0 Å². The first-order chi connectivity index (χ1) is 15.5.